The van der Waals surface area contributed by atoms with E-state index in [9.17, 15) is 9.90 Å². The lowest BCUT2D eigenvalue weighted by Gasteiger charge is -2.37. The van der Waals surface area contributed by atoms with Gasteiger partial charge in [-0.25, -0.2) is 4.98 Å². The van der Waals surface area contributed by atoms with Gasteiger partial charge in [0.25, 0.3) is 0 Å². The van der Waals surface area contributed by atoms with Crippen LogP contribution in [0.5, 0.6) is 0 Å². The molecule has 0 saturated carbocycles. The normalized spacial score (nSPS) is 24.4. The smallest absolute Gasteiger partial charge is 0.228 e. The maximum atomic E-state index is 12.4. The molecular formula is C21H38N6O2S. The van der Waals surface area contributed by atoms with Crippen molar-refractivity contribution in [3.63, 3.8) is 0 Å². The van der Waals surface area contributed by atoms with Crippen LogP contribution in [0, 0.1) is 5.41 Å². The van der Waals surface area contributed by atoms with Crippen LogP contribution in [0.25, 0.3) is 0 Å². The predicted octanol–water partition coefficient (Wildman–Crippen LogP) is 1.87. The van der Waals surface area contributed by atoms with Gasteiger partial charge in [0.2, 0.25) is 11.0 Å². The Morgan fingerprint density at radius 1 is 1.17 bits per heavy atom. The van der Waals surface area contributed by atoms with Crippen LogP contribution >= 0.6 is 11.5 Å². The Hall–Kier alpha value is -1.29. The topological polar surface area (TPSA) is 84.8 Å². The molecule has 170 valence electrons. The fourth-order valence-electron chi connectivity index (χ4n) is 4.29. The molecule has 0 radical (unpaired) electrons. The van der Waals surface area contributed by atoms with Crippen molar-refractivity contribution < 1.29 is 9.90 Å². The van der Waals surface area contributed by atoms with Gasteiger partial charge in [0.05, 0.1) is 12.6 Å². The van der Waals surface area contributed by atoms with Gasteiger partial charge >= 0.3 is 0 Å². The van der Waals surface area contributed by atoms with Crippen LogP contribution < -0.4 is 5.32 Å². The highest BCUT2D eigenvalue weighted by atomic mass is 32.1. The van der Waals surface area contributed by atoms with E-state index in [1.165, 1.54) is 11.5 Å². The summed E-state index contributed by atoms with van der Waals surface area (Å²) in [5, 5.41) is 14.4. The maximum Gasteiger partial charge on any atom is 0.228 e. The van der Waals surface area contributed by atoms with Gasteiger partial charge in [-0.3, -0.25) is 14.6 Å². The highest BCUT2D eigenvalue weighted by Gasteiger charge is 2.37. The number of carbonyl (C=O) groups is 1. The first-order valence-corrected chi connectivity index (χ1v) is 11.7. The zero-order valence-electron chi connectivity index (χ0n) is 19.3. The van der Waals surface area contributed by atoms with E-state index in [0.717, 1.165) is 56.6 Å². The molecule has 3 rings (SSSR count). The Balaban J connectivity index is 1.46. The number of anilines is 1. The Labute approximate surface area is 184 Å². The molecule has 8 nitrogen and oxygen atoms in total. The monoisotopic (exact) mass is 438 g/mol. The van der Waals surface area contributed by atoms with E-state index in [2.05, 4.69) is 45.2 Å². The summed E-state index contributed by atoms with van der Waals surface area (Å²) in [5.41, 5.74) is -0.288. The molecule has 30 heavy (non-hydrogen) atoms. The third-order valence-corrected chi connectivity index (χ3v) is 6.59. The van der Waals surface area contributed by atoms with Crippen LogP contribution in [-0.2, 0) is 11.3 Å². The Bertz CT molecular complexity index is 718. The summed E-state index contributed by atoms with van der Waals surface area (Å²) >= 11 is 1.40. The summed E-state index contributed by atoms with van der Waals surface area (Å²) < 4.78 is 4.51. The van der Waals surface area contributed by atoms with Gasteiger partial charge in [-0.05, 0) is 27.2 Å². The summed E-state index contributed by atoms with van der Waals surface area (Å²) in [5.74, 6) is 1.05. The number of piperazine rings is 1. The summed E-state index contributed by atoms with van der Waals surface area (Å²) in [7, 11) is 0. The molecule has 0 bridgehead atoms. The molecule has 2 aliphatic rings. The van der Waals surface area contributed by atoms with Crippen molar-refractivity contribution in [1.82, 2.24) is 24.1 Å². The lowest BCUT2D eigenvalue weighted by Crippen LogP contribution is -2.51. The zero-order valence-corrected chi connectivity index (χ0v) is 20.1. The molecule has 2 atom stereocenters. The number of amides is 1. The molecule has 9 heteroatoms. The van der Waals surface area contributed by atoms with Gasteiger partial charge in [0, 0.05) is 67.8 Å². The second-order valence-electron chi connectivity index (χ2n) is 10.6. The molecule has 2 saturated heterocycles. The van der Waals surface area contributed by atoms with Crippen molar-refractivity contribution >= 4 is 22.6 Å². The maximum absolute atomic E-state index is 12.4. The Morgan fingerprint density at radius 2 is 1.83 bits per heavy atom. The first-order valence-electron chi connectivity index (χ1n) is 11.0. The lowest BCUT2D eigenvalue weighted by atomic mass is 9.94. The van der Waals surface area contributed by atoms with Crippen LogP contribution in [0.2, 0.25) is 0 Å². The number of aliphatic hydroxyl groups excluding tert-OH is 1. The van der Waals surface area contributed by atoms with E-state index in [-0.39, 0.29) is 23.0 Å². The molecule has 2 unspecified atom stereocenters. The number of carbonyl (C=O) groups excluding carboxylic acids is 1. The van der Waals surface area contributed by atoms with Crippen LogP contribution in [0.3, 0.4) is 0 Å². The van der Waals surface area contributed by atoms with E-state index in [0.29, 0.717) is 12.6 Å². The van der Waals surface area contributed by atoms with Gasteiger partial charge in [0.15, 0.2) is 5.82 Å². The largest absolute Gasteiger partial charge is 0.392 e. The first kappa shape index (κ1) is 23.4. The molecule has 3 heterocycles. The zero-order chi connectivity index (χ0) is 22.1. The van der Waals surface area contributed by atoms with Crippen molar-refractivity contribution in [1.29, 1.82) is 0 Å². The molecule has 0 aliphatic carbocycles. The number of likely N-dealkylation sites (tertiary alicyclic amines) is 1. The van der Waals surface area contributed by atoms with E-state index >= 15 is 0 Å². The van der Waals surface area contributed by atoms with Crippen LogP contribution in [-0.4, -0.2) is 92.0 Å². The van der Waals surface area contributed by atoms with Crippen molar-refractivity contribution in [2.75, 3.05) is 44.6 Å². The second kappa shape index (κ2) is 9.06. The first-order chi connectivity index (χ1) is 13.9. The van der Waals surface area contributed by atoms with Crippen LogP contribution in [0.1, 0.15) is 53.8 Å². The van der Waals surface area contributed by atoms with Gasteiger partial charge in [0.1, 0.15) is 0 Å². The fourth-order valence-corrected chi connectivity index (χ4v) is 4.87. The Morgan fingerprint density at radius 3 is 2.43 bits per heavy atom. The molecule has 2 aliphatic heterocycles. The van der Waals surface area contributed by atoms with Gasteiger partial charge in [-0.1, -0.05) is 20.8 Å². The standard InChI is InChI=1S/C21H38N6O2S/c1-20(2,3)18(29)26-9-7-25(8-10-26)14-17-23-19(30-24-17)22-12-15-11-16(28)13-27(15)21(4,5)6/h15-16,28H,7-14H2,1-6H3,(H,22,23,24). The highest BCUT2D eigenvalue weighted by molar-refractivity contribution is 7.09. The molecule has 1 amide bonds. The number of hydrogen-bond donors (Lipinski definition) is 2. The lowest BCUT2D eigenvalue weighted by molar-refractivity contribution is -0.141. The van der Waals surface area contributed by atoms with Crippen molar-refractivity contribution in [3.05, 3.63) is 5.82 Å². The average Bonchev–Trinajstić information content (AvgIpc) is 3.25. The van der Waals surface area contributed by atoms with Crippen molar-refractivity contribution in [2.45, 2.75) is 72.2 Å². The molecule has 2 fully saturated rings. The molecule has 2 N–H and O–H groups in total. The molecule has 1 aromatic rings. The SMILES string of the molecule is CC(C)(C)C(=O)N1CCN(Cc2nsc(NCC3CC(O)CN3C(C)(C)C)n2)CC1. The minimum absolute atomic E-state index is 0.0344. The minimum atomic E-state index is -0.322. The highest BCUT2D eigenvalue weighted by Crippen LogP contribution is 2.27. The summed E-state index contributed by atoms with van der Waals surface area (Å²) in [6.07, 6.45) is 0.526. The quantitative estimate of drug-likeness (QED) is 0.726. The molecule has 1 aromatic heterocycles. The number of hydrogen-bond acceptors (Lipinski definition) is 8. The van der Waals surface area contributed by atoms with Gasteiger partial charge in [-0.15, -0.1) is 0 Å². The van der Waals surface area contributed by atoms with E-state index in [1.54, 1.807) is 0 Å². The summed E-state index contributed by atoms with van der Waals surface area (Å²) in [4.78, 5) is 23.7. The predicted molar refractivity (Wildman–Crippen MR) is 121 cm³/mol. The Kier molecular flexibility index (Phi) is 7.06. The van der Waals surface area contributed by atoms with Gasteiger partial charge < -0.3 is 15.3 Å². The van der Waals surface area contributed by atoms with Crippen LogP contribution in [0.15, 0.2) is 0 Å². The van der Waals surface area contributed by atoms with Gasteiger partial charge in [-0.2, -0.15) is 4.37 Å². The van der Waals surface area contributed by atoms with E-state index in [4.69, 9.17) is 0 Å². The fraction of sp³-hybridized carbons (Fsp3) is 0.857. The van der Waals surface area contributed by atoms with Crippen LogP contribution in [0.4, 0.5) is 5.13 Å². The number of nitrogens with zero attached hydrogens (tertiary/aromatic N) is 5. The molecule has 0 spiro atoms. The van der Waals surface area contributed by atoms with E-state index in [1.807, 2.05) is 25.7 Å². The van der Waals surface area contributed by atoms with Crippen molar-refractivity contribution in [2.24, 2.45) is 5.41 Å². The summed E-state index contributed by atoms with van der Waals surface area (Å²) in [6, 6.07) is 0.292. The van der Waals surface area contributed by atoms with E-state index < -0.39 is 0 Å². The minimum Gasteiger partial charge on any atom is -0.392 e. The number of β-amino-alcohol motifs (C(OH)–C–C–N with tert-alkyl or cyclic N) is 1. The third kappa shape index (κ3) is 5.90. The number of rotatable bonds is 5. The third-order valence-electron chi connectivity index (χ3n) is 5.88. The second-order valence-corrected chi connectivity index (χ2v) is 11.3. The number of aliphatic hydroxyl groups is 1. The summed E-state index contributed by atoms with van der Waals surface area (Å²) in [6.45, 7) is 17.9. The molecule has 0 aromatic carbocycles. The number of aromatic nitrogens is 2. The van der Waals surface area contributed by atoms with Crippen molar-refractivity contribution in [3.8, 4) is 0 Å². The average molecular weight is 439 g/mol. The molecular weight excluding hydrogens is 400 g/mol. The number of nitrogens with one attached hydrogen (secondary N) is 1.